The first-order chi connectivity index (χ1) is 16.1. The van der Waals surface area contributed by atoms with Gasteiger partial charge in [-0.1, -0.05) is 0 Å². The molecule has 4 aromatic rings. The molecule has 0 saturated carbocycles. The van der Waals surface area contributed by atoms with Gasteiger partial charge in [0, 0.05) is 44.1 Å². The first-order valence-corrected chi connectivity index (χ1v) is 11.2. The quantitative estimate of drug-likeness (QED) is 0.520. The number of pyridine rings is 1. The number of rotatable bonds is 3. The molecule has 1 amide bonds. The first kappa shape index (κ1) is 19.8. The maximum Gasteiger partial charge on any atom is 0.257 e. The Morgan fingerprint density at radius 3 is 2.85 bits per heavy atom. The van der Waals surface area contributed by atoms with Crippen LogP contribution in [0.15, 0.2) is 36.9 Å². The number of hydrogen-bond donors (Lipinski definition) is 1. The van der Waals surface area contributed by atoms with Gasteiger partial charge in [0.25, 0.3) is 5.91 Å². The van der Waals surface area contributed by atoms with Crippen LogP contribution in [0.2, 0.25) is 0 Å². The Hall–Kier alpha value is -3.82. The number of hydrogen-bond acceptors (Lipinski definition) is 6. The first-order valence-electron chi connectivity index (χ1n) is 11.2. The summed E-state index contributed by atoms with van der Waals surface area (Å²) >= 11 is 0. The van der Waals surface area contributed by atoms with Gasteiger partial charge < -0.3 is 14.8 Å². The Kier molecular flexibility index (Phi) is 4.60. The van der Waals surface area contributed by atoms with Crippen molar-refractivity contribution < 1.29 is 9.18 Å². The molecule has 6 rings (SSSR count). The highest BCUT2D eigenvalue weighted by molar-refractivity contribution is 5.95. The summed E-state index contributed by atoms with van der Waals surface area (Å²) in [6, 6.07) is 4.41. The van der Waals surface area contributed by atoms with Crippen LogP contribution in [0.5, 0.6) is 0 Å². The van der Waals surface area contributed by atoms with E-state index >= 15 is 0 Å². The summed E-state index contributed by atoms with van der Waals surface area (Å²) in [5, 5.41) is 4.64. The summed E-state index contributed by atoms with van der Waals surface area (Å²) < 4.78 is 15.9. The molecule has 1 saturated heterocycles. The molecule has 0 spiro atoms. The van der Waals surface area contributed by atoms with Crippen LogP contribution in [0.25, 0.3) is 5.52 Å². The molecule has 6 heterocycles. The van der Waals surface area contributed by atoms with Crippen molar-refractivity contribution in [2.24, 2.45) is 0 Å². The molecule has 2 aliphatic heterocycles. The van der Waals surface area contributed by atoms with E-state index in [2.05, 4.69) is 20.1 Å². The lowest BCUT2D eigenvalue weighted by molar-refractivity contribution is 0.0791. The summed E-state index contributed by atoms with van der Waals surface area (Å²) in [6.45, 7) is 4.03. The molecule has 1 atom stereocenters. The van der Waals surface area contributed by atoms with E-state index in [-0.39, 0.29) is 17.8 Å². The average Bonchev–Trinajstić information content (AvgIpc) is 3.58. The minimum absolute atomic E-state index is 0.0165. The van der Waals surface area contributed by atoms with E-state index in [4.69, 9.17) is 4.98 Å². The number of carbonyl (C=O) groups is 1. The van der Waals surface area contributed by atoms with Gasteiger partial charge in [0.05, 0.1) is 29.0 Å². The number of aryl methyl sites for hydroxylation is 1. The zero-order valence-electron chi connectivity index (χ0n) is 18.2. The highest BCUT2D eigenvalue weighted by Crippen LogP contribution is 2.35. The fourth-order valence-corrected chi connectivity index (χ4v) is 4.82. The third-order valence-electron chi connectivity index (χ3n) is 6.52. The molecule has 0 bridgehead atoms. The third kappa shape index (κ3) is 3.24. The zero-order chi connectivity index (χ0) is 22.5. The van der Waals surface area contributed by atoms with E-state index in [9.17, 15) is 9.18 Å². The summed E-state index contributed by atoms with van der Waals surface area (Å²) in [5.41, 5.74) is 4.08. The van der Waals surface area contributed by atoms with Crippen LogP contribution in [0.4, 0.5) is 10.3 Å². The van der Waals surface area contributed by atoms with Crippen LogP contribution >= 0.6 is 0 Å². The Bertz CT molecular complexity index is 1360. The van der Waals surface area contributed by atoms with Crippen LogP contribution < -0.4 is 4.90 Å². The topological polar surface area (TPSA) is 95.3 Å². The van der Waals surface area contributed by atoms with Gasteiger partial charge in [0.2, 0.25) is 5.95 Å². The predicted octanol–water partition coefficient (Wildman–Crippen LogP) is 2.68. The minimum atomic E-state index is -0.376. The largest absolute Gasteiger partial charge is 0.348 e. The number of H-pyrrole nitrogens is 1. The number of aromatic nitrogens is 6. The van der Waals surface area contributed by atoms with E-state index in [1.54, 1.807) is 30.9 Å². The second kappa shape index (κ2) is 7.65. The van der Waals surface area contributed by atoms with Gasteiger partial charge in [-0.15, -0.1) is 0 Å². The summed E-state index contributed by atoms with van der Waals surface area (Å²) in [6.07, 6.45) is 7.82. The van der Waals surface area contributed by atoms with Crippen molar-refractivity contribution >= 4 is 17.4 Å². The van der Waals surface area contributed by atoms with Crippen LogP contribution in [0.3, 0.4) is 0 Å². The monoisotopic (exact) mass is 446 g/mol. The lowest BCUT2D eigenvalue weighted by atomic mass is 10.00. The normalized spacial score (nSPS) is 18.2. The standard InChI is InChI=1S/C23H23FN8O/c1-14-15(22(33)30-7-2-3-8-30)12-25-23(28-14)31-10-6-17-20(27-13-26-17)21(31)18-11-19-16(24)5-4-9-32(19)29-18/h4-5,9,11-13,21H,2-3,6-8,10H2,1H3,(H,26,27)/t21-/m0/s1. The van der Waals surface area contributed by atoms with Gasteiger partial charge in [0.15, 0.2) is 0 Å². The number of fused-ring (bicyclic) bond motifs is 2. The number of likely N-dealkylation sites (tertiary alicyclic amines) is 1. The number of amides is 1. The van der Waals surface area contributed by atoms with Crippen LogP contribution in [0.1, 0.15) is 52.0 Å². The van der Waals surface area contributed by atoms with E-state index in [0.717, 1.165) is 43.7 Å². The molecule has 2 aliphatic rings. The molecule has 0 aliphatic carbocycles. The summed E-state index contributed by atoms with van der Waals surface area (Å²) in [7, 11) is 0. The fraction of sp³-hybridized carbons (Fsp3) is 0.348. The van der Waals surface area contributed by atoms with Gasteiger partial charge in [-0.25, -0.2) is 23.9 Å². The van der Waals surface area contributed by atoms with E-state index in [1.165, 1.54) is 10.6 Å². The molecule has 0 unspecified atom stereocenters. The molecule has 0 radical (unpaired) electrons. The Labute approximate surface area is 189 Å². The van der Waals surface area contributed by atoms with Crippen molar-refractivity contribution in [2.45, 2.75) is 32.2 Å². The molecule has 1 N–H and O–H groups in total. The molecule has 0 aromatic carbocycles. The highest BCUT2D eigenvalue weighted by Gasteiger charge is 2.35. The molecule has 9 nitrogen and oxygen atoms in total. The molecular weight excluding hydrogens is 423 g/mol. The van der Waals surface area contributed by atoms with Gasteiger partial charge >= 0.3 is 0 Å². The number of carbonyl (C=O) groups excluding carboxylic acids is 1. The lowest BCUT2D eigenvalue weighted by Gasteiger charge is -2.34. The Morgan fingerprint density at radius 1 is 1.21 bits per heavy atom. The maximum absolute atomic E-state index is 14.4. The SMILES string of the molecule is Cc1nc(N2CCc3[nH]cnc3[C@@H]2c2cc3c(F)cccn3n2)ncc1C(=O)N1CCCC1. The van der Waals surface area contributed by atoms with Gasteiger partial charge in [-0.2, -0.15) is 5.10 Å². The van der Waals surface area contributed by atoms with Gasteiger partial charge in [0.1, 0.15) is 17.4 Å². The number of aromatic amines is 1. The molecule has 1 fully saturated rings. The van der Waals surface area contributed by atoms with Crippen molar-refractivity contribution in [3.8, 4) is 0 Å². The lowest BCUT2D eigenvalue weighted by Crippen LogP contribution is -2.38. The van der Waals surface area contributed by atoms with Gasteiger partial charge in [-0.3, -0.25) is 4.79 Å². The van der Waals surface area contributed by atoms with E-state index < -0.39 is 0 Å². The second-order valence-corrected chi connectivity index (χ2v) is 8.54. The zero-order valence-corrected chi connectivity index (χ0v) is 18.2. The molecular formula is C23H23FN8O. The molecule has 168 valence electrons. The average molecular weight is 446 g/mol. The molecule has 10 heteroatoms. The highest BCUT2D eigenvalue weighted by atomic mass is 19.1. The van der Waals surface area contributed by atoms with Crippen molar-refractivity contribution in [2.75, 3.05) is 24.5 Å². The van der Waals surface area contributed by atoms with Crippen molar-refractivity contribution in [3.05, 3.63) is 71.1 Å². The number of nitrogens with zero attached hydrogens (tertiary/aromatic N) is 7. The van der Waals surface area contributed by atoms with Crippen LogP contribution in [-0.2, 0) is 6.42 Å². The maximum atomic E-state index is 14.4. The third-order valence-corrected chi connectivity index (χ3v) is 6.52. The fourth-order valence-electron chi connectivity index (χ4n) is 4.82. The second-order valence-electron chi connectivity index (χ2n) is 8.54. The Morgan fingerprint density at radius 2 is 2.06 bits per heavy atom. The number of halogens is 1. The van der Waals surface area contributed by atoms with Crippen LogP contribution in [0, 0.1) is 12.7 Å². The summed E-state index contributed by atoms with van der Waals surface area (Å²) in [5.74, 6) is 0.150. The van der Waals surface area contributed by atoms with Crippen molar-refractivity contribution in [1.82, 2.24) is 34.4 Å². The van der Waals surface area contributed by atoms with E-state index in [0.29, 0.717) is 35.0 Å². The van der Waals surface area contributed by atoms with Crippen molar-refractivity contribution in [1.29, 1.82) is 0 Å². The minimum Gasteiger partial charge on any atom is -0.348 e. The van der Waals surface area contributed by atoms with E-state index in [1.807, 2.05) is 16.7 Å². The number of nitrogens with one attached hydrogen (secondary N) is 1. The number of imidazole rings is 1. The smallest absolute Gasteiger partial charge is 0.257 e. The summed E-state index contributed by atoms with van der Waals surface area (Å²) in [4.78, 5) is 33.8. The molecule has 33 heavy (non-hydrogen) atoms. The van der Waals surface area contributed by atoms with Crippen molar-refractivity contribution in [3.63, 3.8) is 0 Å². The van der Waals surface area contributed by atoms with Gasteiger partial charge in [-0.05, 0) is 38.0 Å². The molecule has 4 aromatic heterocycles. The number of anilines is 1. The van der Waals surface area contributed by atoms with Crippen LogP contribution in [-0.4, -0.2) is 60.0 Å². The predicted molar refractivity (Wildman–Crippen MR) is 119 cm³/mol. The Balaban J connectivity index is 1.41.